The van der Waals surface area contributed by atoms with Crippen LogP contribution in [-0.2, 0) is 4.74 Å². The molecule has 1 aliphatic rings. The zero-order chi connectivity index (χ0) is 12.3. The molecule has 6 nitrogen and oxygen atoms in total. The standard InChI is InChI=1S/C11H18N4O2/c1-7-8(3-4-17-7)5-13-10-9(12)11(16-2)15-6-14-10/h6-8H,3-5,12H2,1-2H3,(H,13,14,15). The maximum absolute atomic E-state index is 5.87. The lowest BCUT2D eigenvalue weighted by Gasteiger charge is -2.16. The summed E-state index contributed by atoms with van der Waals surface area (Å²) >= 11 is 0. The average Bonchev–Trinajstić information content (AvgIpc) is 2.74. The SMILES string of the molecule is COc1ncnc(NCC2CCOC2C)c1N. The Balaban J connectivity index is 1.99. The van der Waals surface area contributed by atoms with Crippen LogP contribution < -0.4 is 15.8 Å². The Morgan fingerprint density at radius 2 is 2.41 bits per heavy atom. The van der Waals surface area contributed by atoms with Crippen molar-refractivity contribution in [2.24, 2.45) is 5.92 Å². The van der Waals surface area contributed by atoms with Crippen molar-refractivity contribution in [3.8, 4) is 5.88 Å². The summed E-state index contributed by atoms with van der Waals surface area (Å²) in [5.74, 6) is 1.52. The van der Waals surface area contributed by atoms with Crippen LogP contribution in [0.15, 0.2) is 6.33 Å². The molecular formula is C11H18N4O2. The largest absolute Gasteiger partial charge is 0.479 e. The molecule has 2 heterocycles. The van der Waals surface area contributed by atoms with Crippen LogP contribution in [0.25, 0.3) is 0 Å². The Morgan fingerprint density at radius 1 is 1.59 bits per heavy atom. The number of nitrogens with one attached hydrogen (secondary N) is 1. The van der Waals surface area contributed by atoms with Gasteiger partial charge < -0.3 is 20.5 Å². The van der Waals surface area contributed by atoms with E-state index in [-0.39, 0.29) is 6.10 Å². The first-order valence-electron chi connectivity index (χ1n) is 5.72. The number of hydrogen-bond acceptors (Lipinski definition) is 6. The summed E-state index contributed by atoms with van der Waals surface area (Å²) in [6.07, 6.45) is 2.79. The van der Waals surface area contributed by atoms with E-state index in [0.717, 1.165) is 19.6 Å². The highest BCUT2D eigenvalue weighted by Crippen LogP contribution is 2.26. The molecule has 2 rings (SSSR count). The molecular weight excluding hydrogens is 220 g/mol. The highest BCUT2D eigenvalue weighted by molar-refractivity contribution is 5.66. The summed E-state index contributed by atoms with van der Waals surface area (Å²) in [5.41, 5.74) is 6.32. The molecule has 1 aromatic heterocycles. The van der Waals surface area contributed by atoms with Crippen molar-refractivity contribution in [2.45, 2.75) is 19.4 Å². The predicted molar refractivity (Wildman–Crippen MR) is 65.0 cm³/mol. The Bertz CT molecular complexity index is 386. The van der Waals surface area contributed by atoms with Gasteiger partial charge in [0.2, 0.25) is 5.88 Å². The fourth-order valence-electron chi connectivity index (χ4n) is 1.95. The highest BCUT2D eigenvalue weighted by atomic mass is 16.5. The molecule has 6 heteroatoms. The molecule has 0 bridgehead atoms. The smallest absolute Gasteiger partial charge is 0.242 e. The van der Waals surface area contributed by atoms with Gasteiger partial charge in [0.15, 0.2) is 5.82 Å². The van der Waals surface area contributed by atoms with Gasteiger partial charge in [0.25, 0.3) is 0 Å². The molecule has 94 valence electrons. The van der Waals surface area contributed by atoms with Gasteiger partial charge in [0.05, 0.1) is 13.2 Å². The molecule has 0 saturated carbocycles. The zero-order valence-electron chi connectivity index (χ0n) is 10.1. The van der Waals surface area contributed by atoms with E-state index in [9.17, 15) is 0 Å². The van der Waals surface area contributed by atoms with Crippen molar-refractivity contribution in [1.82, 2.24) is 9.97 Å². The predicted octanol–water partition coefficient (Wildman–Crippen LogP) is 0.904. The third-order valence-corrected chi connectivity index (χ3v) is 3.11. The second kappa shape index (κ2) is 5.18. The second-order valence-corrected chi connectivity index (χ2v) is 4.15. The molecule has 0 aromatic carbocycles. The summed E-state index contributed by atoms with van der Waals surface area (Å²) in [6, 6.07) is 0. The molecule has 1 aliphatic heterocycles. The number of ether oxygens (including phenoxy) is 2. The monoisotopic (exact) mass is 238 g/mol. The van der Waals surface area contributed by atoms with Gasteiger partial charge in [-0.2, -0.15) is 4.98 Å². The van der Waals surface area contributed by atoms with Gasteiger partial charge in [-0.1, -0.05) is 0 Å². The number of anilines is 2. The number of aromatic nitrogens is 2. The Kier molecular flexibility index (Phi) is 3.63. The Hall–Kier alpha value is -1.56. The molecule has 17 heavy (non-hydrogen) atoms. The quantitative estimate of drug-likeness (QED) is 0.811. The van der Waals surface area contributed by atoms with E-state index in [4.69, 9.17) is 15.2 Å². The normalized spacial score (nSPS) is 23.6. The van der Waals surface area contributed by atoms with Gasteiger partial charge in [-0.15, -0.1) is 0 Å². The van der Waals surface area contributed by atoms with Crippen molar-refractivity contribution in [3.05, 3.63) is 6.33 Å². The summed E-state index contributed by atoms with van der Waals surface area (Å²) in [7, 11) is 1.54. The second-order valence-electron chi connectivity index (χ2n) is 4.15. The van der Waals surface area contributed by atoms with E-state index >= 15 is 0 Å². The number of nitrogens with two attached hydrogens (primary N) is 1. The number of rotatable bonds is 4. The lowest BCUT2D eigenvalue weighted by molar-refractivity contribution is 0.108. The molecule has 3 N–H and O–H groups in total. The molecule has 1 aromatic rings. The van der Waals surface area contributed by atoms with Gasteiger partial charge in [-0.05, 0) is 13.3 Å². The summed E-state index contributed by atoms with van der Waals surface area (Å²) in [4.78, 5) is 8.03. The molecule has 2 atom stereocenters. The lowest BCUT2D eigenvalue weighted by atomic mass is 10.0. The van der Waals surface area contributed by atoms with Crippen LogP contribution >= 0.6 is 0 Å². The van der Waals surface area contributed by atoms with Crippen LogP contribution in [0.1, 0.15) is 13.3 Å². The van der Waals surface area contributed by atoms with Gasteiger partial charge in [-0.25, -0.2) is 4.98 Å². The number of nitrogen functional groups attached to an aromatic ring is 1. The maximum Gasteiger partial charge on any atom is 0.242 e. The highest BCUT2D eigenvalue weighted by Gasteiger charge is 2.24. The van der Waals surface area contributed by atoms with Crippen LogP contribution in [0.3, 0.4) is 0 Å². The van der Waals surface area contributed by atoms with E-state index in [1.807, 2.05) is 0 Å². The fourth-order valence-corrected chi connectivity index (χ4v) is 1.95. The molecule has 0 radical (unpaired) electrons. The molecule has 0 aliphatic carbocycles. The molecule has 1 saturated heterocycles. The number of methoxy groups -OCH3 is 1. The summed E-state index contributed by atoms with van der Waals surface area (Å²) < 4.78 is 10.5. The molecule has 2 unspecified atom stereocenters. The van der Waals surface area contributed by atoms with E-state index < -0.39 is 0 Å². The van der Waals surface area contributed by atoms with Gasteiger partial charge in [0.1, 0.15) is 12.0 Å². The van der Waals surface area contributed by atoms with Gasteiger partial charge in [-0.3, -0.25) is 0 Å². The average molecular weight is 238 g/mol. The van der Waals surface area contributed by atoms with Crippen molar-refractivity contribution in [2.75, 3.05) is 31.3 Å². The van der Waals surface area contributed by atoms with Crippen molar-refractivity contribution >= 4 is 11.5 Å². The molecule has 1 fully saturated rings. The van der Waals surface area contributed by atoms with Crippen LogP contribution in [0.4, 0.5) is 11.5 Å². The van der Waals surface area contributed by atoms with Gasteiger partial charge in [0, 0.05) is 19.1 Å². The van der Waals surface area contributed by atoms with Crippen molar-refractivity contribution < 1.29 is 9.47 Å². The van der Waals surface area contributed by atoms with E-state index in [0.29, 0.717) is 23.3 Å². The van der Waals surface area contributed by atoms with E-state index in [2.05, 4.69) is 22.2 Å². The third kappa shape index (κ3) is 2.58. The summed E-state index contributed by atoms with van der Waals surface area (Å²) in [5, 5.41) is 3.22. The topological polar surface area (TPSA) is 82.3 Å². The number of hydrogen-bond donors (Lipinski definition) is 2. The maximum atomic E-state index is 5.87. The molecule has 0 amide bonds. The first kappa shape index (κ1) is 11.9. The summed E-state index contributed by atoms with van der Waals surface area (Å²) in [6.45, 7) is 3.71. The Morgan fingerprint density at radius 3 is 3.06 bits per heavy atom. The van der Waals surface area contributed by atoms with E-state index in [1.165, 1.54) is 13.4 Å². The van der Waals surface area contributed by atoms with E-state index in [1.54, 1.807) is 0 Å². The van der Waals surface area contributed by atoms with Crippen LogP contribution in [0.2, 0.25) is 0 Å². The van der Waals surface area contributed by atoms with Crippen molar-refractivity contribution in [1.29, 1.82) is 0 Å². The number of nitrogens with zero attached hydrogens (tertiary/aromatic N) is 2. The minimum Gasteiger partial charge on any atom is -0.479 e. The minimum atomic E-state index is 0.285. The first-order valence-corrected chi connectivity index (χ1v) is 5.72. The lowest BCUT2D eigenvalue weighted by Crippen LogP contribution is -2.21. The van der Waals surface area contributed by atoms with Crippen LogP contribution in [0, 0.1) is 5.92 Å². The Labute approximate surface area is 101 Å². The van der Waals surface area contributed by atoms with Crippen LogP contribution in [-0.4, -0.2) is 36.3 Å². The minimum absolute atomic E-state index is 0.285. The zero-order valence-corrected chi connectivity index (χ0v) is 10.1. The fraction of sp³-hybridized carbons (Fsp3) is 0.636. The van der Waals surface area contributed by atoms with Crippen molar-refractivity contribution in [3.63, 3.8) is 0 Å². The van der Waals surface area contributed by atoms with Crippen LogP contribution in [0.5, 0.6) is 5.88 Å². The third-order valence-electron chi connectivity index (χ3n) is 3.11. The first-order chi connectivity index (χ1) is 8.22. The van der Waals surface area contributed by atoms with Gasteiger partial charge >= 0.3 is 0 Å². The molecule has 0 spiro atoms.